The van der Waals surface area contributed by atoms with Crippen molar-refractivity contribution in [3.63, 3.8) is 0 Å². The molecule has 4 heteroatoms. The number of carbonyl (C=O) groups excluding carboxylic acids is 1. The predicted octanol–water partition coefficient (Wildman–Crippen LogP) is 8.57. The Bertz CT molecular complexity index is 1050. The van der Waals surface area contributed by atoms with E-state index in [1.807, 2.05) is 47.6 Å². The Kier molecular flexibility index (Phi) is 10.9. The van der Waals surface area contributed by atoms with Crippen LogP contribution in [0.2, 0.25) is 0 Å². The molecule has 0 saturated heterocycles. The number of hydrogen-bond acceptors (Lipinski definition) is 4. The van der Waals surface area contributed by atoms with Crippen molar-refractivity contribution < 1.29 is 20.1 Å². The maximum atomic E-state index is 14.9. The summed E-state index contributed by atoms with van der Waals surface area (Å²) in [6.07, 6.45) is 9.63. The largest absolute Gasteiger partial charge is 0.511 e. The van der Waals surface area contributed by atoms with Crippen molar-refractivity contribution in [3.05, 3.63) is 57.9 Å². The second-order valence-electron chi connectivity index (χ2n) is 13.9. The number of aliphatic hydroxyl groups excluding tert-OH is 3. The molecule has 0 unspecified atom stereocenters. The summed E-state index contributed by atoms with van der Waals surface area (Å²) in [6.45, 7) is 22.3. The molecule has 0 aromatic carbocycles. The van der Waals surface area contributed by atoms with Gasteiger partial charge in [-0.25, -0.2) is 0 Å². The summed E-state index contributed by atoms with van der Waals surface area (Å²) < 4.78 is 0. The first-order valence-corrected chi connectivity index (χ1v) is 14.9. The molecule has 1 saturated carbocycles. The van der Waals surface area contributed by atoms with Crippen molar-refractivity contribution in [1.29, 1.82) is 0 Å². The van der Waals surface area contributed by atoms with E-state index in [1.165, 1.54) is 11.1 Å². The van der Waals surface area contributed by atoms with E-state index in [-0.39, 0.29) is 23.4 Å². The molecule has 4 nitrogen and oxygen atoms in total. The van der Waals surface area contributed by atoms with Crippen LogP contribution in [0.1, 0.15) is 115 Å². The van der Waals surface area contributed by atoms with E-state index in [1.54, 1.807) is 0 Å². The number of hydrogen-bond donors (Lipinski definition) is 3. The molecule has 2 aliphatic carbocycles. The van der Waals surface area contributed by atoms with Gasteiger partial charge in [-0.1, -0.05) is 67.4 Å². The fraction of sp³-hybridized carbons (Fsp3) is 0.686. The van der Waals surface area contributed by atoms with Crippen LogP contribution in [0.4, 0.5) is 0 Å². The van der Waals surface area contributed by atoms with Crippen molar-refractivity contribution in [3.8, 4) is 0 Å². The first-order chi connectivity index (χ1) is 18.0. The van der Waals surface area contributed by atoms with Gasteiger partial charge in [0.15, 0.2) is 5.78 Å². The van der Waals surface area contributed by atoms with Crippen LogP contribution in [0.3, 0.4) is 0 Å². The van der Waals surface area contributed by atoms with Crippen LogP contribution in [-0.2, 0) is 4.79 Å². The second-order valence-corrected chi connectivity index (χ2v) is 13.9. The minimum Gasteiger partial charge on any atom is -0.511 e. The van der Waals surface area contributed by atoms with E-state index in [9.17, 15) is 20.1 Å². The normalized spacial score (nSPS) is 31.1. The van der Waals surface area contributed by atoms with Crippen molar-refractivity contribution in [2.24, 2.45) is 28.1 Å². The van der Waals surface area contributed by atoms with Gasteiger partial charge in [0.05, 0.1) is 23.0 Å². The Hall–Kier alpha value is -1.91. The third-order valence-corrected chi connectivity index (χ3v) is 9.53. The van der Waals surface area contributed by atoms with Crippen LogP contribution in [0, 0.1) is 28.1 Å². The van der Waals surface area contributed by atoms with Gasteiger partial charge >= 0.3 is 0 Å². The lowest BCUT2D eigenvalue weighted by Gasteiger charge is -2.67. The maximum absolute atomic E-state index is 14.9. The number of carbonyl (C=O) groups is 1. The molecule has 3 N–H and O–H groups in total. The average molecular weight is 541 g/mol. The zero-order valence-electron chi connectivity index (χ0n) is 26.6. The average Bonchev–Trinajstić information content (AvgIpc) is 2.81. The van der Waals surface area contributed by atoms with E-state index in [0.717, 1.165) is 24.0 Å². The third-order valence-electron chi connectivity index (χ3n) is 9.53. The number of aliphatic hydroxyl groups is 3. The van der Waals surface area contributed by atoms with E-state index in [0.29, 0.717) is 31.3 Å². The lowest BCUT2D eigenvalue weighted by molar-refractivity contribution is -0.243. The van der Waals surface area contributed by atoms with Crippen LogP contribution in [0.5, 0.6) is 0 Å². The maximum Gasteiger partial charge on any atom is 0.174 e. The van der Waals surface area contributed by atoms with Gasteiger partial charge in [-0.2, -0.15) is 0 Å². The molecule has 0 aliphatic heterocycles. The van der Waals surface area contributed by atoms with Gasteiger partial charge in [-0.15, -0.1) is 0 Å². The quantitative estimate of drug-likeness (QED) is 0.229. The van der Waals surface area contributed by atoms with Crippen molar-refractivity contribution in [2.75, 3.05) is 0 Å². The highest BCUT2D eigenvalue weighted by Crippen LogP contribution is 2.70. The van der Waals surface area contributed by atoms with Crippen LogP contribution >= 0.6 is 0 Å². The summed E-state index contributed by atoms with van der Waals surface area (Å²) >= 11 is 0. The van der Waals surface area contributed by atoms with E-state index < -0.39 is 28.5 Å². The second kappa shape index (κ2) is 12.7. The van der Waals surface area contributed by atoms with Crippen LogP contribution in [0.15, 0.2) is 57.9 Å². The molecule has 0 spiro atoms. The number of Topliss-reactive ketones (excluding diaryl/α,β-unsaturated/α-hetero) is 1. The molecule has 0 aromatic heterocycles. The van der Waals surface area contributed by atoms with Gasteiger partial charge < -0.3 is 15.3 Å². The van der Waals surface area contributed by atoms with E-state index >= 15 is 0 Å². The molecule has 39 heavy (non-hydrogen) atoms. The fourth-order valence-electron chi connectivity index (χ4n) is 7.26. The van der Waals surface area contributed by atoms with Crippen molar-refractivity contribution in [1.82, 2.24) is 0 Å². The molecule has 6 atom stereocenters. The monoisotopic (exact) mass is 540 g/mol. The molecular formula is C35H56O4. The van der Waals surface area contributed by atoms with Gasteiger partial charge in [0.2, 0.25) is 0 Å². The summed E-state index contributed by atoms with van der Waals surface area (Å²) in [4.78, 5) is 14.9. The van der Waals surface area contributed by atoms with Crippen LogP contribution in [0.25, 0.3) is 0 Å². The minimum absolute atomic E-state index is 0.0172. The lowest BCUT2D eigenvalue weighted by Crippen LogP contribution is -2.74. The van der Waals surface area contributed by atoms with E-state index in [4.69, 9.17) is 0 Å². The van der Waals surface area contributed by atoms with Gasteiger partial charge in [-0.05, 0) is 111 Å². The summed E-state index contributed by atoms with van der Waals surface area (Å²) in [5, 5.41) is 36.7. The molecule has 0 amide bonds. The molecule has 1 fully saturated rings. The molecule has 2 aliphatic rings. The summed E-state index contributed by atoms with van der Waals surface area (Å²) in [7, 11) is 0. The standard InChI is InChI=1S/C35H56O4/c1-22(2)13-12-19-33(11)27(16-14-23(3)4)21-34(20-18-25(7)8)30(37)28(17-15-24(5)6)31(38)35(33,32(34)39)29(36)26(9)10/h13-15,18,26-27,29,32,36-37,39H,12,16-17,19-21H2,1-11H3/t27-,29-,32+,33+,34+,35-/m0/s1. The van der Waals surface area contributed by atoms with Crippen molar-refractivity contribution in [2.45, 2.75) is 127 Å². The topological polar surface area (TPSA) is 77.8 Å². The predicted molar refractivity (Wildman–Crippen MR) is 163 cm³/mol. The SMILES string of the molecule is CC(C)=CCC[C@]1(C)[C@@H](CC=C(C)C)C[C@]2(CC=C(C)C)C(O)=C(CC=C(C)C)C(=O)[C@@]1([C@@H](O)C(C)C)[C@@H]2O. The lowest BCUT2D eigenvalue weighted by atomic mass is 9.37. The highest BCUT2D eigenvalue weighted by molar-refractivity contribution is 6.04. The Labute approximate surface area is 238 Å². The molecule has 0 aromatic rings. The summed E-state index contributed by atoms with van der Waals surface area (Å²) in [5.74, 6) is -0.521. The Balaban J connectivity index is 3.06. The number of fused-ring (bicyclic) bond motifs is 2. The van der Waals surface area contributed by atoms with Gasteiger partial charge in [-0.3, -0.25) is 4.79 Å². The zero-order valence-corrected chi connectivity index (χ0v) is 26.6. The molecular weight excluding hydrogens is 484 g/mol. The van der Waals surface area contributed by atoms with E-state index in [2.05, 4.69) is 52.8 Å². The molecule has 2 rings (SSSR count). The van der Waals surface area contributed by atoms with Gasteiger partial charge in [0.25, 0.3) is 0 Å². The van der Waals surface area contributed by atoms with Crippen molar-refractivity contribution >= 4 is 5.78 Å². The smallest absolute Gasteiger partial charge is 0.174 e. The first-order valence-electron chi connectivity index (χ1n) is 14.9. The van der Waals surface area contributed by atoms with Gasteiger partial charge in [0, 0.05) is 5.57 Å². The summed E-state index contributed by atoms with van der Waals surface area (Å²) in [6, 6.07) is 0. The molecule has 220 valence electrons. The zero-order chi connectivity index (χ0) is 29.9. The molecule has 2 bridgehead atoms. The highest BCUT2D eigenvalue weighted by Gasteiger charge is 2.75. The number of rotatable bonds is 11. The highest BCUT2D eigenvalue weighted by atomic mass is 16.3. The number of allylic oxidation sites excluding steroid dienone is 9. The number of ketones is 1. The summed E-state index contributed by atoms with van der Waals surface area (Å²) in [5.41, 5.74) is 1.75. The Morgan fingerprint density at radius 2 is 1.46 bits per heavy atom. The van der Waals surface area contributed by atoms with Gasteiger partial charge in [0.1, 0.15) is 5.76 Å². The fourth-order valence-corrected chi connectivity index (χ4v) is 7.26. The minimum atomic E-state index is -1.44. The van der Waals surface area contributed by atoms with Crippen LogP contribution in [-0.4, -0.2) is 33.3 Å². The Morgan fingerprint density at radius 3 is 1.95 bits per heavy atom. The third kappa shape index (κ3) is 6.07. The first kappa shape index (κ1) is 33.3. The van der Waals surface area contributed by atoms with Crippen LogP contribution < -0.4 is 0 Å². The molecule has 0 radical (unpaired) electrons. The molecule has 0 heterocycles. The Morgan fingerprint density at radius 1 is 0.923 bits per heavy atom.